The zero-order valence-electron chi connectivity index (χ0n) is 20.1. The van der Waals surface area contributed by atoms with Crippen LogP contribution in [0.4, 0.5) is 14.6 Å². The summed E-state index contributed by atoms with van der Waals surface area (Å²) in [6.45, 7) is 4.71. The molecule has 3 aromatic rings. The molecule has 0 spiro atoms. The van der Waals surface area contributed by atoms with E-state index in [9.17, 15) is 13.6 Å². The van der Waals surface area contributed by atoms with Crippen molar-refractivity contribution in [2.45, 2.75) is 18.9 Å². The summed E-state index contributed by atoms with van der Waals surface area (Å²) in [7, 11) is 4.06. The molecule has 0 radical (unpaired) electrons. The van der Waals surface area contributed by atoms with Gasteiger partial charge in [0.25, 0.3) is 0 Å². The van der Waals surface area contributed by atoms with Crippen molar-refractivity contribution < 1.29 is 27.8 Å². The molecule has 2 aromatic heterocycles. The lowest BCUT2D eigenvalue weighted by Crippen LogP contribution is -2.26. The number of anilines is 1. The van der Waals surface area contributed by atoms with Gasteiger partial charge in [-0.05, 0) is 18.4 Å². The van der Waals surface area contributed by atoms with Crippen LogP contribution >= 0.6 is 0 Å². The molecule has 1 aliphatic rings. The molecule has 1 fully saturated rings. The summed E-state index contributed by atoms with van der Waals surface area (Å²) >= 11 is 0. The molecule has 1 saturated heterocycles. The molecular formula is C25H25F2N5O4. The Kier molecular flexibility index (Phi) is 7.07. The molecule has 0 aliphatic carbocycles. The minimum absolute atomic E-state index is 0.138. The second kappa shape index (κ2) is 10.2. The Bertz CT molecular complexity index is 1380. The molecule has 9 nitrogen and oxygen atoms in total. The third-order valence-corrected chi connectivity index (χ3v) is 6.00. The molecule has 188 valence electrons. The van der Waals surface area contributed by atoms with Crippen LogP contribution in [0.1, 0.15) is 35.1 Å². The van der Waals surface area contributed by atoms with Crippen molar-refractivity contribution >= 4 is 17.2 Å². The highest BCUT2D eigenvalue weighted by atomic mass is 19.1. The van der Waals surface area contributed by atoms with Gasteiger partial charge in [0.1, 0.15) is 22.6 Å². The van der Waals surface area contributed by atoms with Crippen LogP contribution in [-0.4, -0.2) is 59.6 Å². The number of hydrogen-bond donors (Lipinski definition) is 1. The van der Waals surface area contributed by atoms with E-state index < -0.39 is 17.2 Å². The first kappa shape index (κ1) is 24.9. The average Bonchev–Trinajstić information content (AvgIpc) is 3.51. The summed E-state index contributed by atoms with van der Waals surface area (Å²) in [6, 6.07) is 1.11. The van der Waals surface area contributed by atoms with Gasteiger partial charge in [-0.1, -0.05) is 12.5 Å². The number of carbonyl (C=O) groups is 1. The smallest absolute Gasteiger partial charge is 0.245 e. The Morgan fingerprint density at radius 1 is 1.25 bits per heavy atom. The highest BCUT2D eigenvalue weighted by molar-refractivity contribution is 5.87. The van der Waals surface area contributed by atoms with Crippen molar-refractivity contribution in [3.8, 4) is 23.3 Å². The third kappa shape index (κ3) is 4.31. The quantitative estimate of drug-likeness (QED) is 0.413. The fraction of sp³-hybridized carbons (Fsp3) is 0.320. The van der Waals surface area contributed by atoms with E-state index in [4.69, 9.17) is 24.9 Å². The maximum atomic E-state index is 14.9. The third-order valence-electron chi connectivity index (χ3n) is 6.00. The molecule has 11 heteroatoms. The van der Waals surface area contributed by atoms with E-state index in [0.29, 0.717) is 36.5 Å². The lowest BCUT2D eigenvalue weighted by atomic mass is 10.1. The van der Waals surface area contributed by atoms with Crippen LogP contribution in [0.3, 0.4) is 0 Å². The number of hydrogen-bond acceptors (Lipinski definition) is 7. The minimum Gasteiger partial charge on any atom is -0.493 e. The summed E-state index contributed by atoms with van der Waals surface area (Å²) < 4.78 is 46.8. The van der Waals surface area contributed by atoms with Crippen molar-refractivity contribution in [2.24, 2.45) is 0 Å². The molecule has 1 aliphatic heterocycles. The number of halogens is 2. The van der Waals surface area contributed by atoms with Crippen LogP contribution < -0.4 is 15.2 Å². The number of methoxy groups -OCH3 is 3. The first-order valence-electron chi connectivity index (χ1n) is 11.0. The van der Waals surface area contributed by atoms with Crippen molar-refractivity contribution in [2.75, 3.05) is 40.2 Å². The lowest BCUT2D eigenvalue weighted by molar-refractivity contribution is -0.125. The van der Waals surface area contributed by atoms with Crippen LogP contribution in [0, 0.1) is 23.5 Å². The number of amides is 1. The normalized spacial score (nSPS) is 15.0. The Morgan fingerprint density at radius 2 is 1.94 bits per heavy atom. The average molecular weight is 498 g/mol. The Morgan fingerprint density at radius 3 is 2.56 bits per heavy atom. The molecule has 3 heterocycles. The van der Waals surface area contributed by atoms with E-state index in [0.717, 1.165) is 6.07 Å². The molecule has 1 aromatic carbocycles. The van der Waals surface area contributed by atoms with E-state index >= 15 is 0 Å². The van der Waals surface area contributed by atoms with E-state index in [-0.39, 0.29) is 41.4 Å². The van der Waals surface area contributed by atoms with Gasteiger partial charge in [-0.3, -0.25) is 9.20 Å². The number of nitrogen functional groups attached to an aromatic ring is 1. The number of fused-ring (bicyclic) bond motifs is 1. The summed E-state index contributed by atoms with van der Waals surface area (Å²) in [5, 5.41) is 0. The fourth-order valence-electron chi connectivity index (χ4n) is 4.26. The highest BCUT2D eigenvalue weighted by Crippen LogP contribution is 2.33. The predicted octanol–water partition coefficient (Wildman–Crippen LogP) is 2.66. The summed E-state index contributed by atoms with van der Waals surface area (Å²) in [6.07, 6.45) is 3.49. The SMILES string of the molecule is C=CC(=O)N1CC[C@H](c2nc(C#Cc3c(F)c(OC)cc(OC)c3F)c3c(N)ncc(COC)n23)C1. The molecule has 0 bridgehead atoms. The van der Waals surface area contributed by atoms with Gasteiger partial charge in [-0.15, -0.1) is 0 Å². The van der Waals surface area contributed by atoms with E-state index in [1.165, 1.54) is 20.3 Å². The molecule has 2 N–H and O–H groups in total. The fourth-order valence-corrected chi connectivity index (χ4v) is 4.26. The second-order valence-corrected chi connectivity index (χ2v) is 8.08. The zero-order valence-corrected chi connectivity index (χ0v) is 20.1. The Labute approximate surface area is 206 Å². The number of likely N-dealkylation sites (tertiary alicyclic amines) is 1. The van der Waals surface area contributed by atoms with Gasteiger partial charge in [0.2, 0.25) is 5.91 Å². The standard InChI is InChI=1S/C25H25F2N5O4/c1-5-20(33)31-9-8-14(12-31)25-30-17(23-24(28)29-11-15(13-34-2)32(23)25)7-6-16-21(26)18(35-3)10-19(36-4)22(16)27/h5,10-11,14H,1,8-9,12-13H2,2-4H3,(H2,28,29)/t14-/m0/s1. The largest absolute Gasteiger partial charge is 0.493 e. The molecule has 0 unspecified atom stereocenters. The van der Waals surface area contributed by atoms with Gasteiger partial charge >= 0.3 is 0 Å². The van der Waals surface area contributed by atoms with E-state index in [1.54, 1.807) is 22.6 Å². The van der Waals surface area contributed by atoms with Crippen molar-refractivity contribution in [3.05, 3.63) is 59.3 Å². The van der Waals surface area contributed by atoms with Crippen LogP contribution in [0.25, 0.3) is 5.52 Å². The minimum atomic E-state index is -0.965. The zero-order chi connectivity index (χ0) is 26.0. The summed E-state index contributed by atoms with van der Waals surface area (Å²) in [5.41, 5.74) is 6.90. The topological polar surface area (TPSA) is 104 Å². The number of ether oxygens (including phenoxy) is 3. The summed E-state index contributed by atoms with van der Waals surface area (Å²) in [5.74, 6) is 3.35. The number of rotatable bonds is 6. The van der Waals surface area contributed by atoms with Crippen LogP contribution in [-0.2, 0) is 16.1 Å². The number of carbonyl (C=O) groups excluding carboxylic acids is 1. The van der Waals surface area contributed by atoms with Gasteiger partial charge in [-0.25, -0.2) is 18.7 Å². The molecule has 1 amide bonds. The maximum absolute atomic E-state index is 14.9. The Hall–Kier alpha value is -4.17. The second-order valence-electron chi connectivity index (χ2n) is 8.08. The number of benzene rings is 1. The molecule has 4 rings (SSSR count). The van der Waals surface area contributed by atoms with E-state index in [2.05, 4.69) is 23.4 Å². The summed E-state index contributed by atoms with van der Waals surface area (Å²) in [4.78, 5) is 22.7. The van der Waals surface area contributed by atoms with Crippen molar-refractivity contribution in [1.82, 2.24) is 19.3 Å². The molecule has 1 atom stereocenters. The van der Waals surface area contributed by atoms with Crippen LogP contribution in [0.2, 0.25) is 0 Å². The van der Waals surface area contributed by atoms with Gasteiger partial charge in [0.15, 0.2) is 29.0 Å². The Balaban J connectivity index is 1.90. The first-order chi connectivity index (χ1) is 17.3. The number of nitrogens with zero attached hydrogens (tertiary/aromatic N) is 4. The van der Waals surface area contributed by atoms with Crippen molar-refractivity contribution in [3.63, 3.8) is 0 Å². The van der Waals surface area contributed by atoms with E-state index in [1.807, 2.05) is 0 Å². The van der Waals surface area contributed by atoms with Gasteiger partial charge in [0, 0.05) is 32.2 Å². The van der Waals surface area contributed by atoms with Crippen LogP contribution in [0.15, 0.2) is 24.9 Å². The van der Waals surface area contributed by atoms with Crippen LogP contribution in [0.5, 0.6) is 11.5 Å². The maximum Gasteiger partial charge on any atom is 0.245 e. The van der Waals surface area contributed by atoms with Gasteiger partial charge in [-0.2, -0.15) is 0 Å². The van der Waals surface area contributed by atoms with Gasteiger partial charge < -0.3 is 24.8 Å². The lowest BCUT2D eigenvalue weighted by Gasteiger charge is -2.15. The predicted molar refractivity (Wildman–Crippen MR) is 128 cm³/mol. The van der Waals surface area contributed by atoms with Gasteiger partial charge in [0.05, 0.1) is 32.7 Å². The monoisotopic (exact) mass is 497 g/mol. The molecule has 36 heavy (non-hydrogen) atoms. The molecular weight excluding hydrogens is 472 g/mol. The number of nitrogens with two attached hydrogens (primary N) is 1. The number of aromatic nitrogens is 3. The highest BCUT2D eigenvalue weighted by Gasteiger charge is 2.31. The first-order valence-corrected chi connectivity index (χ1v) is 11.0. The van der Waals surface area contributed by atoms with Crippen molar-refractivity contribution in [1.29, 1.82) is 0 Å². The molecule has 0 saturated carbocycles. The number of imidazole rings is 1.